The molecule has 0 aromatic rings. The second-order valence-corrected chi connectivity index (χ2v) is 11.6. The first kappa shape index (κ1) is 34.0. The summed E-state index contributed by atoms with van der Waals surface area (Å²) >= 11 is 0. The lowest BCUT2D eigenvalue weighted by atomic mass is 10.1. The molecule has 0 saturated carbocycles. The van der Waals surface area contributed by atoms with Gasteiger partial charge >= 0.3 is 15.2 Å². The van der Waals surface area contributed by atoms with E-state index in [0.29, 0.717) is 45.4 Å². The molecule has 0 saturated heterocycles. The minimum absolute atomic E-state index is 0.0318. The summed E-state index contributed by atoms with van der Waals surface area (Å²) in [6.45, 7) is 5.00. The van der Waals surface area contributed by atoms with Gasteiger partial charge in [0.15, 0.2) is 0 Å². The van der Waals surface area contributed by atoms with E-state index in [1.165, 1.54) is 0 Å². The van der Waals surface area contributed by atoms with Crippen LogP contribution in [0.1, 0.15) is 58.3 Å². The number of rotatable bonds is 23. The molecule has 0 bridgehead atoms. The maximum absolute atomic E-state index is 12.0. The zero-order valence-corrected chi connectivity index (χ0v) is 22.3. The van der Waals surface area contributed by atoms with Crippen LogP contribution in [0.2, 0.25) is 0 Å². The van der Waals surface area contributed by atoms with Crippen LogP contribution in [0.15, 0.2) is 0 Å². The summed E-state index contributed by atoms with van der Waals surface area (Å²) in [6, 6.07) is 0. The van der Waals surface area contributed by atoms with E-state index in [0.717, 1.165) is 17.9 Å². The maximum atomic E-state index is 12.0. The Hall–Kier alpha value is -1.01. The van der Waals surface area contributed by atoms with Gasteiger partial charge in [0.25, 0.3) is 0 Å². The summed E-state index contributed by atoms with van der Waals surface area (Å²) in [6.07, 6.45) is 1.46. The fourth-order valence-electron chi connectivity index (χ4n) is 3.20. The van der Waals surface area contributed by atoms with Crippen molar-refractivity contribution in [3.05, 3.63) is 0 Å². The molecule has 0 spiro atoms. The molecule has 0 aliphatic carbocycles. The lowest BCUT2D eigenvalue weighted by Gasteiger charge is -2.22. The van der Waals surface area contributed by atoms with Gasteiger partial charge in [-0.1, -0.05) is 6.92 Å². The number of nitrogens with one attached hydrogen (secondary N) is 3. The van der Waals surface area contributed by atoms with Crippen molar-refractivity contribution in [2.45, 2.75) is 58.3 Å². The molecule has 1 amide bonds. The molecule has 206 valence electrons. The van der Waals surface area contributed by atoms with Crippen LogP contribution in [0.25, 0.3) is 0 Å². The standard InChI is InChI=1S/C20H42N4O9P2/c1-2-21-13-9-19(26)6-3-11-22-14-10-20(27)23-12-4-7-18(25)8-5-15-24(16-34(28,29)30)17-35(31,32)33/h21-22H,2-17H2,1H3,(H,23,27)(H2,28,29,30)(H2,31,32,33). The molecule has 0 aliphatic rings. The highest BCUT2D eigenvalue weighted by molar-refractivity contribution is 7.52. The number of carbonyl (C=O) groups is 3. The van der Waals surface area contributed by atoms with E-state index in [4.69, 9.17) is 19.6 Å². The van der Waals surface area contributed by atoms with Crippen molar-refractivity contribution in [1.29, 1.82) is 0 Å². The molecular formula is C20H42N4O9P2. The number of ketones is 2. The summed E-state index contributed by atoms with van der Waals surface area (Å²) in [5.41, 5.74) is 0. The second-order valence-electron chi connectivity index (χ2n) is 8.35. The quantitative estimate of drug-likeness (QED) is 0.0677. The van der Waals surface area contributed by atoms with Crippen LogP contribution in [-0.4, -0.2) is 93.8 Å². The molecule has 0 radical (unpaired) electrons. The molecule has 0 rings (SSSR count). The molecule has 0 fully saturated rings. The van der Waals surface area contributed by atoms with Gasteiger partial charge in [0.1, 0.15) is 24.1 Å². The Morgan fingerprint density at radius 1 is 0.686 bits per heavy atom. The molecule has 0 heterocycles. The van der Waals surface area contributed by atoms with Gasteiger partial charge in [-0.25, -0.2) is 0 Å². The number of hydrogen-bond acceptors (Lipinski definition) is 8. The fraction of sp³-hybridized carbons (Fsp3) is 0.850. The highest BCUT2D eigenvalue weighted by Crippen LogP contribution is 2.40. The highest BCUT2D eigenvalue weighted by Gasteiger charge is 2.25. The third kappa shape index (κ3) is 24.5. The Morgan fingerprint density at radius 3 is 1.77 bits per heavy atom. The average Bonchev–Trinajstić information content (AvgIpc) is 2.71. The molecule has 0 aromatic heterocycles. The molecular weight excluding hydrogens is 502 g/mol. The van der Waals surface area contributed by atoms with Crippen LogP contribution in [0.4, 0.5) is 0 Å². The van der Waals surface area contributed by atoms with E-state index in [9.17, 15) is 23.5 Å². The van der Waals surface area contributed by atoms with Crippen LogP contribution in [0.5, 0.6) is 0 Å². The van der Waals surface area contributed by atoms with E-state index in [2.05, 4.69) is 16.0 Å². The van der Waals surface area contributed by atoms with Gasteiger partial charge in [-0.3, -0.25) is 28.4 Å². The Bertz CT molecular complexity index is 703. The Balaban J connectivity index is 3.83. The van der Waals surface area contributed by atoms with Gasteiger partial charge in [-0.15, -0.1) is 0 Å². The number of amides is 1. The summed E-state index contributed by atoms with van der Waals surface area (Å²) in [7, 11) is -8.98. The van der Waals surface area contributed by atoms with E-state index in [1.807, 2.05) is 6.92 Å². The van der Waals surface area contributed by atoms with E-state index in [-0.39, 0.29) is 49.7 Å². The molecule has 7 N–H and O–H groups in total. The Kier molecular flexibility index (Phi) is 18.6. The molecule has 13 nitrogen and oxygen atoms in total. The predicted octanol–water partition coefficient (Wildman–Crippen LogP) is 0.133. The average molecular weight is 545 g/mol. The molecule has 0 atom stereocenters. The fourth-order valence-corrected chi connectivity index (χ4v) is 4.88. The van der Waals surface area contributed by atoms with Crippen LogP contribution >= 0.6 is 15.2 Å². The van der Waals surface area contributed by atoms with Gasteiger partial charge in [0, 0.05) is 51.7 Å². The van der Waals surface area contributed by atoms with Gasteiger partial charge in [-0.05, 0) is 38.9 Å². The van der Waals surface area contributed by atoms with Gasteiger partial charge in [0.2, 0.25) is 5.91 Å². The lowest BCUT2D eigenvalue weighted by Crippen LogP contribution is -2.29. The first-order chi connectivity index (χ1) is 16.3. The lowest BCUT2D eigenvalue weighted by molar-refractivity contribution is -0.122. The van der Waals surface area contributed by atoms with Crippen LogP contribution in [0, 0.1) is 0 Å². The maximum Gasteiger partial charge on any atom is 0.339 e. The Morgan fingerprint density at radius 2 is 1.20 bits per heavy atom. The van der Waals surface area contributed by atoms with E-state index < -0.39 is 27.8 Å². The summed E-state index contributed by atoms with van der Waals surface area (Å²) < 4.78 is 22.2. The summed E-state index contributed by atoms with van der Waals surface area (Å²) in [5, 5.41) is 8.96. The minimum atomic E-state index is -4.49. The van der Waals surface area contributed by atoms with Crippen molar-refractivity contribution in [3.63, 3.8) is 0 Å². The third-order valence-electron chi connectivity index (χ3n) is 4.82. The van der Waals surface area contributed by atoms with Gasteiger partial charge in [-0.2, -0.15) is 0 Å². The molecule has 0 unspecified atom stereocenters. The highest BCUT2D eigenvalue weighted by atomic mass is 31.2. The van der Waals surface area contributed by atoms with Gasteiger partial charge in [0.05, 0.1) is 0 Å². The predicted molar refractivity (Wildman–Crippen MR) is 132 cm³/mol. The summed E-state index contributed by atoms with van der Waals surface area (Å²) in [4.78, 5) is 72.5. The number of hydrogen-bond donors (Lipinski definition) is 7. The smallest absolute Gasteiger partial charge is 0.339 e. The molecule has 35 heavy (non-hydrogen) atoms. The van der Waals surface area contributed by atoms with E-state index >= 15 is 0 Å². The SMILES string of the molecule is CCNCCC(=O)CCCNCCC(=O)NCCCC(=O)CCCN(CP(=O)(O)O)CP(=O)(O)O. The van der Waals surface area contributed by atoms with Crippen LogP contribution in [-0.2, 0) is 23.5 Å². The summed E-state index contributed by atoms with van der Waals surface area (Å²) in [5.74, 6) is -0.0231. The van der Waals surface area contributed by atoms with Gasteiger partial charge < -0.3 is 35.5 Å². The number of nitrogens with zero attached hydrogens (tertiary/aromatic N) is 1. The van der Waals surface area contributed by atoms with Crippen molar-refractivity contribution in [3.8, 4) is 0 Å². The minimum Gasteiger partial charge on any atom is -0.356 e. The normalized spacial score (nSPS) is 12.2. The number of carbonyl (C=O) groups excluding carboxylic acids is 3. The second kappa shape index (κ2) is 19.1. The topological polar surface area (TPSA) is 206 Å². The Labute approximate surface area is 207 Å². The van der Waals surface area contributed by atoms with Crippen molar-refractivity contribution in [2.24, 2.45) is 0 Å². The van der Waals surface area contributed by atoms with Crippen molar-refractivity contribution in [2.75, 3.05) is 51.8 Å². The monoisotopic (exact) mass is 544 g/mol. The van der Waals surface area contributed by atoms with E-state index in [1.54, 1.807) is 0 Å². The zero-order chi connectivity index (χ0) is 26.7. The zero-order valence-electron chi connectivity index (χ0n) is 20.5. The van der Waals surface area contributed by atoms with Crippen LogP contribution in [0.3, 0.4) is 0 Å². The van der Waals surface area contributed by atoms with Crippen molar-refractivity contribution >= 4 is 32.7 Å². The number of Topliss-reactive ketones (excluding diaryl/α,β-unsaturated/α-hetero) is 2. The molecule has 0 aliphatic heterocycles. The van der Waals surface area contributed by atoms with Crippen LogP contribution < -0.4 is 16.0 Å². The first-order valence-corrected chi connectivity index (χ1v) is 15.4. The third-order valence-corrected chi connectivity index (χ3v) is 6.36. The first-order valence-electron chi connectivity index (χ1n) is 11.9. The largest absolute Gasteiger partial charge is 0.356 e. The van der Waals surface area contributed by atoms with Crippen molar-refractivity contribution < 1.29 is 43.1 Å². The molecule has 15 heteroatoms. The van der Waals surface area contributed by atoms with Crippen molar-refractivity contribution in [1.82, 2.24) is 20.9 Å². The molecule has 0 aromatic carbocycles.